The molecule has 0 saturated heterocycles. The summed E-state index contributed by atoms with van der Waals surface area (Å²) in [7, 11) is -0.588. The maximum atomic E-state index is 6.02. The summed E-state index contributed by atoms with van der Waals surface area (Å²) >= 11 is 12.0. The maximum Gasteiger partial charge on any atom is 0.0406 e. The van der Waals surface area contributed by atoms with Gasteiger partial charge in [0.2, 0.25) is 0 Å². The number of hydrogen-bond donors (Lipinski definition) is 0. The van der Waals surface area contributed by atoms with E-state index in [0.29, 0.717) is 0 Å². The Balaban J connectivity index is 0.00000176. The third kappa shape index (κ3) is 4.36. The second-order valence-corrected chi connectivity index (χ2v) is 7.72. The van der Waals surface area contributed by atoms with Crippen molar-refractivity contribution in [1.29, 1.82) is 0 Å². The number of halogens is 2. The van der Waals surface area contributed by atoms with Crippen molar-refractivity contribution in [1.82, 2.24) is 0 Å². The number of rotatable bonds is 3. The SMILES string of the molecule is Clc1ccc(P(c2ccccc2)c2ccc(Cl)cc2)cc1.[Na]. The van der Waals surface area contributed by atoms with Gasteiger partial charge in [-0.15, -0.1) is 0 Å². The van der Waals surface area contributed by atoms with Gasteiger partial charge in [-0.3, -0.25) is 0 Å². The Morgan fingerprint density at radius 1 is 0.500 bits per heavy atom. The largest absolute Gasteiger partial charge is 0.0843 e. The monoisotopic (exact) mass is 353 g/mol. The molecule has 0 unspecified atom stereocenters. The maximum absolute atomic E-state index is 6.02. The average molecular weight is 354 g/mol. The van der Waals surface area contributed by atoms with Gasteiger partial charge in [-0.25, -0.2) is 0 Å². The Bertz CT molecular complexity index is 667. The minimum atomic E-state index is -0.588. The molecule has 0 aliphatic rings. The van der Waals surface area contributed by atoms with Crippen LogP contribution < -0.4 is 15.9 Å². The van der Waals surface area contributed by atoms with Crippen LogP contribution in [0.1, 0.15) is 0 Å². The predicted molar refractivity (Wildman–Crippen MR) is 101 cm³/mol. The summed E-state index contributed by atoms with van der Waals surface area (Å²) in [4.78, 5) is 0. The van der Waals surface area contributed by atoms with E-state index in [1.54, 1.807) is 0 Å². The molecule has 0 atom stereocenters. The van der Waals surface area contributed by atoms with Gasteiger partial charge in [0.1, 0.15) is 0 Å². The summed E-state index contributed by atoms with van der Waals surface area (Å²) < 4.78 is 0. The van der Waals surface area contributed by atoms with Crippen molar-refractivity contribution < 1.29 is 0 Å². The molecule has 0 bridgehead atoms. The van der Waals surface area contributed by atoms with Crippen molar-refractivity contribution in [2.24, 2.45) is 0 Å². The van der Waals surface area contributed by atoms with Crippen LogP contribution in [0.3, 0.4) is 0 Å². The molecule has 0 saturated carbocycles. The van der Waals surface area contributed by atoms with Crippen LogP contribution in [-0.2, 0) is 0 Å². The smallest absolute Gasteiger partial charge is 0.0406 e. The minimum absolute atomic E-state index is 0. The number of benzene rings is 3. The zero-order chi connectivity index (χ0) is 14.7. The normalized spacial score (nSPS) is 10.3. The quantitative estimate of drug-likeness (QED) is 0.484. The van der Waals surface area contributed by atoms with Crippen molar-refractivity contribution in [3.05, 3.63) is 88.9 Å². The van der Waals surface area contributed by atoms with E-state index in [0.717, 1.165) is 10.0 Å². The van der Waals surface area contributed by atoms with Crippen LogP contribution in [0.25, 0.3) is 0 Å². The van der Waals surface area contributed by atoms with E-state index in [1.807, 2.05) is 30.3 Å². The van der Waals surface area contributed by atoms with E-state index >= 15 is 0 Å². The van der Waals surface area contributed by atoms with Crippen LogP contribution in [-0.4, -0.2) is 29.6 Å². The van der Waals surface area contributed by atoms with E-state index in [-0.39, 0.29) is 29.6 Å². The van der Waals surface area contributed by atoms with Crippen LogP contribution in [0, 0.1) is 0 Å². The van der Waals surface area contributed by atoms with Crippen molar-refractivity contribution in [2.75, 3.05) is 0 Å². The summed E-state index contributed by atoms with van der Waals surface area (Å²) in [6, 6.07) is 26.8. The van der Waals surface area contributed by atoms with Crippen molar-refractivity contribution in [2.45, 2.75) is 0 Å². The second-order valence-electron chi connectivity index (χ2n) is 4.62. The molecule has 3 aromatic carbocycles. The molecule has 0 N–H and O–H groups in total. The molecule has 4 heteroatoms. The van der Waals surface area contributed by atoms with Gasteiger partial charge in [0, 0.05) is 39.6 Å². The summed E-state index contributed by atoms with van der Waals surface area (Å²) in [5.74, 6) is 0. The summed E-state index contributed by atoms with van der Waals surface area (Å²) in [5, 5.41) is 5.40. The summed E-state index contributed by atoms with van der Waals surface area (Å²) in [6.45, 7) is 0. The van der Waals surface area contributed by atoms with Gasteiger partial charge in [-0.05, 0) is 48.1 Å². The fourth-order valence-corrected chi connectivity index (χ4v) is 4.72. The van der Waals surface area contributed by atoms with Gasteiger partial charge >= 0.3 is 0 Å². The molecular weight excluding hydrogens is 341 g/mol. The molecule has 0 amide bonds. The van der Waals surface area contributed by atoms with Crippen LogP contribution in [0.4, 0.5) is 0 Å². The molecule has 3 aromatic rings. The van der Waals surface area contributed by atoms with Crippen molar-refractivity contribution in [3.8, 4) is 0 Å². The zero-order valence-electron chi connectivity index (χ0n) is 12.2. The Morgan fingerprint density at radius 3 is 1.27 bits per heavy atom. The van der Waals surface area contributed by atoms with Crippen LogP contribution in [0.5, 0.6) is 0 Å². The molecule has 105 valence electrons. The van der Waals surface area contributed by atoms with Gasteiger partial charge in [0.05, 0.1) is 0 Å². The average Bonchev–Trinajstić information content (AvgIpc) is 2.52. The van der Waals surface area contributed by atoms with E-state index in [2.05, 4.69) is 48.5 Å². The molecule has 1 radical (unpaired) electrons. The third-order valence-electron chi connectivity index (χ3n) is 3.18. The first-order valence-electron chi connectivity index (χ1n) is 6.60. The molecule has 0 aliphatic heterocycles. The molecule has 0 aromatic heterocycles. The number of hydrogen-bond acceptors (Lipinski definition) is 0. The first-order valence-corrected chi connectivity index (χ1v) is 8.70. The molecular formula is C18H13Cl2NaP. The first-order chi connectivity index (χ1) is 10.2. The second kappa shape index (κ2) is 8.50. The standard InChI is InChI=1S/C18H13Cl2P.Na/c19-14-6-10-17(11-7-14)21(16-4-2-1-3-5-16)18-12-8-15(20)9-13-18;/h1-13H;. The fourth-order valence-electron chi connectivity index (χ4n) is 2.20. The Morgan fingerprint density at radius 2 is 0.864 bits per heavy atom. The molecule has 0 nitrogen and oxygen atoms in total. The fraction of sp³-hybridized carbons (Fsp3) is 0. The first kappa shape index (κ1) is 18.0. The third-order valence-corrected chi connectivity index (χ3v) is 6.13. The Hall–Kier alpha value is -0.330. The van der Waals surface area contributed by atoms with Crippen LogP contribution in [0.15, 0.2) is 78.9 Å². The molecule has 0 heterocycles. The molecule has 0 spiro atoms. The van der Waals surface area contributed by atoms with Gasteiger partial charge < -0.3 is 0 Å². The molecule has 0 fully saturated rings. The van der Waals surface area contributed by atoms with Gasteiger partial charge in [0.25, 0.3) is 0 Å². The predicted octanol–water partition coefficient (Wildman–Crippen LogP) is 4.37. The van der Waals surface area contributed by atoms with Gasteiger partial charge in [-0.2, -0.15) is 0 Å². The van der Waals surface area contributed by atoms with E-state index < -0.39 is 7.92 Å². The molecule has 0 aliphatic carbocycles. The van der Waals surface area contributed by atoms with Crippen molar-refractivity contribution in [3.63, 3.8) is 0 Å². The van der Waals surface area contributed by atoms with Gasteiger partial charge in [0.15, 0.2) is 0 Å². The zero-order valence-corrected chi connectivity index (χ0v) is 16.6. The minimum Gasteiger partial charge on any atom is -0.0843 e. The van der Waals surface area contributed by atoms with Crippen LogP contribution >= 0.6 is 31.1 Å². The summed E-state index contributed by atoms with van der Waals surface area (Å²) in [6.07, 6.45) is 0. The Kier molecular flexibility index (Phi) is 6.96. The van der Waals surface area contributed by atoms with E-state index in [1.165, 1.54) is 15.9 Å². The molecule has 22 heavy (non-hydrogen) atoms. The van der Waals surface area contributed by atoms with E-state index in [4.69, 9.17) is 23.2 Å². The van der Waals surface area contributed by atoms with Crippen molar-refractivity contribution >= 4 is 76.6 Å². The molecule has 3 rings (SSSR count). The van der Waals surface area contributed by atoms with Crippen LogP contribution in [0.2, 0.25) is 10.0 Å². The topological polar surface area (TPSA) is 0 Å². The van der Waals surface area contributed by atoms with Gasteiger partial charge in [-0.1, -0.05) is 77.8 Å². The summed E-state index contributed by atoms with van der Waals surface area (Å²) in [5.41, 5.74) is 0. The Labute approximate surface area is 164 Å². The van der Waals surface area contributed by atoms with E-state index in [9.17, 15) is 0 Å².